The molecule has 0 aliphatic carbocycles. The molecular formula is C28H29N5O2. The number of carbonyl (C=O) groups is 2. The Hall–Kier alpha value is -4.00. The second kappa shape index (κ2) is 10.1. The van der Waals surface area contributed by atoms with E-state index >= 15 is 0 Å². The van der Waals surface area contributed by atoms with Crippen molar-refractivity contribution in [2.24, 2.45) is 13.0 Å². The Morgan fingerprint density at radius 1 is 1.03 bits per heavy atom. The number of aryl methyl sites for hydroxylation is 1. The van der Waals surface area contributed by atoms with E-state index in [2.05, 4.69) is 39.7 Å². The van der Waals surface area contributed by atoms with Crippen LogP contribution in [0.15, 0.2) is 73.3 Å². The topological polar surface area (TPSA) is 80.1 Å². The Labute approximate surface area is 204 Å². The van der Waals surface area contributed by atoms with Gasteiger partial charge < -0.3 is 10.2 Å². The van der Waals surface area contributed by atoms with Crippen molar-refractivity contribution in [3.8, 4) is 0 Å². The summed E-state index contributed by atoms with van der Waals surface area (Å²) in [6.07, 6.45) is 11.0. The Morgan fingerprint density at radius 3 is 2.77 bits per heavy atom. The maximum atomic E-state index is 13.3. The highest BCUT2D eigenvalue weighted by Gasteiger charge is 2.22. The largest absolute Gasteiger partial charge is 0.339 e. The standard InChI is InChI=1S/C28H29N5O2/c1-32-19-24(18-30-32)27(34)31-25-9-3-7-22(16-25)28(35)33-13-4-5-20(11-14-33)15-21-6-2-8-23-17-29-12-10-26(21)23/h2-3,6-10,12,16-20H,4-5,11,13-15H2,1H3,(H,31,34). The third-order valence-electron chi connectivity index (χ3n) is 6.75. The lowest BCUT2D eigenvalue weighted by Crippen LogP contribution is -2.32. The molecule has 1 aliphatic rings. The Morgan fingerprint density at radius 2 is 1.91 bits per heavy atom. The van der Waals surface area contributed by atoms with Gasteiger partial charge in [-0.3, -0.25) is 19.3 Å². The number of likely N-dealkylation sites (tertiary alicyclic amines) is 1. The number of fused-ring (bicyclic) bond motifs is 1. The van der Waals surface area contributed by atoms with Gasteiger partial charge in [-0.15, -0.1) is 0 Å². The van der Waals surface area contributed by atoms with Crippen LogP contribution in [0.1, 0.15) is 45.5 Å². The predicted molar refractivity (Wildman–Crippen MR) is 136 cm³/mol. The minimum absolute atomic E-state index is 0.0133. The minimum atomic E-state index is -0.246. The fraction of sp³-hybridized carbons (Fsp3) is 0.286. The molecule has 1 unspecified atom stereocenters. The van der Waals surface area contributed by atoms with Crippen LogP contribution in [-0.4, -0.2) is 44.6 Å². The lowest BCUT2D eigenvalue weighted by molar-refractivity contribution is 0.0759. The number of rotatable bonds is 5. The molecule has 7 heteroatoms. The van der Waals surface area contributed by atoms with E-state index in [0.717, 1.165) is 38.8 Å². The first kappa shape index (κ1) is 22.8. The first-order valence-corrected chi connectivity index (χ1v) is 12.1. The van der Waals surface area contributed by atoms with Crippen molar-refractivity contribution in [1.29, 1.82) is 0 Å². The molecule has 1 N–H and O–H groups in total. The van der Waals surface area contributed by atoms with Gasteiger partial charge in [-0.05, 0) is 66.8 Å². The molecule has 1 aliphatic heterocycles. The van der Waals surface area contributed by atoms with Crippen LogP contribution in [-0.2, 0) is 13.5 Å². The molecule has 0 spiro atoms. The lowest BCUT2D eigenvalue weighted by Gasteiger charge is -2.21. The zero-order valence-electron chi connectivity index (χ0n) is 19.9. The average molecular weight is 468 g/mol. The van der Waals surface area contributed by atoms with Crippen LogP contribution in [0.25, 0.3) is 10.8 Å². The van der Waals surface area contributed by atoms with Crippen molar-refractivity contribution in [2.45, 2.75) is 25.7 Å². The smallest absolute Gasteiger partial charge is 0.258 e. The number of anilines is 1. The van der Waals surface area contributed by atoms with Gasteiger partial charge in [-0.1, -0.05) is 24.3 Å². The van der Waals surface area contributed by atoms with Crippen molar-refractivity contribution in [1.82, 2.24) is 19.7 Å². The monoisotopic (exact) mass is 467 g/mol. The van der Waals surface area contributed by atoms with Crippen LogP contribution in [0.3, 0.4) is 0 Å². The Kier molecular flexibility index (Phi) is 6.57. The first-order chi connectivity index (χ1) is 17.1. The van der Waals surface area contributed by atoms with Gasteiger partial charge in [0.1, 0.15) is 0 Å². The molecule has 2 amide bonds. The molecule has 4 aromatic rings. The van der Waals surface area contributed by atoms with Gasteiger partial charge in [0.2, 0.25) is 0 Å². The summed E-state index contributed by atoms with van der Waals surface area (Å²) in [6.45, 7) is 1.49. The molecule has 1 fully saturated rings. The molecule has 2 aromatic heterocycles. The van der Waals surface area contributed by atoms with E-state index in [4.69, 9.17) is 0 Å². The van der Waals surface area contributed by atoms with Crippen molar-refractivity contribution < 1.29 is 9.59 Å². The van der Waals surface area contributed by atoms with E-state index in [-0.39, 0.29) is 11.8 Å². The Balaban J connectivity index is 1.23. The van der Waals surface area contributed by atoms with Crippen molar-refractivity contribution >= 4 is 28.3 Å². The number of hydrogen-bond acceptors (Lipinski definition) is 4. The zero-order chi connectivity index (χ0) is 24.2. The average Bonchev–Trinajstić information content (AvgIpc) is 3.18. The van der Waals surface area contributed by atoms with Gasteiger partial charge in [-0.25, -0.2) is 0 Å². The Bertz CT molecular complexity index is 1360. The summed E-state index contributed by atoms with van der Waals surface area (Å²) in [5.41, 5.74) is 3.02. The second-order valence-electron chi connectivity index (χ2n) is 9.24. The van der Waals surface area contributed by atoms with Crippen LogP contribution in [0.5, 0.6) is 0 Å². The number of benzene rings is 2. The second-order valence-corrected chi connectivity index (χ2v) is 9.24. The number of nitrogens with one attached hydrogen (secondary N) is 1. The summed E-state index contributed by atoms with van der Waals surface area (Å²) in [5, 5.41) is 9.34. The van der Waals surface area contributed by atoms with Crippen molar-refractivity contribution in [3.63, 3.8) is 0 Å². The van der Waals surface area contributed by atoms with Crippen LogP contribution < -0.4 is 5.32 Å². The molecular weight excluding hydrogens is 438 g/mol. The van der Waals surface area contributed by atoms with Crippen LogP contribution >= 0.6 is 0 Å². The molecule has 0 bridgehead atoms. The van der Waals surface area contributed by atoms with Gasteiger partial charge in [0.15, 0.2) is 0 Å². The van der Waals surface area contributed by atoms with E-state index in [0.29, 0.717) is 22.7 Å². The fourth-order valence-electron chi connectivity index (χ4n) is 4.91. The highest BCUT2D eigenvalue weighted by atomic mass is 16.2. The van der Waals surface area contributed by atoms with Gasteiger partial charge in [0.25, 0.3) is 11.8 Å². The summed E-state index contributed by atoms with van der Waals surface area (Å²) < 4.78 is 1.58. The summed E-state index contributed by atoms with van der Waals surface area (Å²) >= 11 is 0. The summed E-state index contributed by atoms with van der Waals surface area (Å²) in [7, 11) is 1.77. The van der Waals surface area contributed by atoms with E-state index in [1.165, 1.54) is 22.5 Å². The molecule has 178 valence electrons. The summed E-state index contributed by atoms with van der Waals surface area (Å²) in [4.78, 5) is 32.0. The molecule has 5 rings (SSSR count). The molecule has 2 aromatic carbocycles. The molecule has 7 nitrogen and oxygen atoms in total. The first-order valence-electron chi connectivity index (χ1n) is 12.1. The number of hydrogen-bond donors (Lipinski definition) is 1. The molecule has 1 saturated heterocycles. The predicted octanol–water partition coefficient (Wildman–Crippen LogP) is 4.71. The van der Waals surface area contributed by atoms with Crippen LogP contribution in [0, 0.1) is 5.92 Å². The van der Waals surface area contributed by atoms with E-state index in [9.17, 15) is 9.59 Å². The lowest BCUT2D eigenvalue weighted by atomic mass is 9.90. The molecule has 35 heavy (non-hydrogen) atoms. The zero-order valence-corrected chi connectivity index (χ0v) is 19.9. The number of pyridine rings is 1. The molecule has 1 atom stereocenters. The van der Waals surface area contributed by atoms with E-state index in [1.807, 2.05) is 29.4 Å². The van der Waals surface area contributed by atoms with Gasteiger partial charge in [0, 0.05) is 55.4 Å². The van der Waals surface area contributed by atoms with Gasteiger partial charge >= 0.3 is 0 Å². The fourth-order valence-corrected chi connectivity index (χ4v) is 4.91. The number of nitrogens with zero attached hydrogens (tertiary/aromatic N) is 4. The summed E-state index contributed by atoms with van der Waals surface area (Å²) in [5.74, 6) is 0.306. The highest BCUT2D eigenvalue weighted by molar-refractivity contribution is 6.04. The quantitative estimate of drug-likeness (QED) is 0.461. The SMILES string of the molecule is Cn1cc(C(=O)Nc2cccc(C(=O)N3CCCC(Cc4cccc5cnccc45)CC3)c2)cn1. The highest BCUT2D eigenvalue weighted by Crippen LogP contribution is 2.27. The summed E-state index contributed by atoms with van der Waals surface area (Å²) in [6, 6.07) is 15.7. The molecule has 0 saturated carbocycles. The number of carbonyl (C=O) groups excluding carboxylic acids is 2. The van der Waals surface area contributed by atoms with Crippen molar-refractivity contribution in [3.05, 3.63) is 90.0 Å². The van der Waals surface area contributed by atoms with E-state index < -0.39 is 0 Å². The van der Waals surface area contributed by atoms with Gasteiger partial charge in [0.05, 0.1) is 11.8 Å². The normalized spacial score (nSPS) is 16.1. The van der Waals surface area contributed by atoms with Crippen LogP contribution in [0.4, 0.5) is 5.69 Å². The number of amides is 2. The number of aromatic nitrogens is 3. The molecule has 0 radical (unpaired) electrons. The van der Waals surface area contributed by atoms with Crippen LogP contribution in [0.2, 0.25) is 0 Å². The molecule has 3 heterocycles. The third-order valence-corrected chi connectivity index (χ3v) is 6.75. The van der Waals surface area contributed by atoms with E-state index in [1.54, 1.807) is 30.1 Å². The maximum Gasteiger partial charge on any atom is 0.258 e. The third kappa shape index (κ3) is 5.24. The van der Waals surface area contributed by atoms with Crippen molar-refractivity contribution in [2.75, 3.05) is 18.4 Å². The minimum Gasteiger partial charge on any atom is -0.339 e. The van der Waals surface area contributed by atoms with Gasteiger partial charge in [-0.2, -0.15) is 5.10 Å². The maximum absolute atomic E-state index is 13.3.